The highest BCUT2D eigenvalue weighted by atomic mass is 16.5. The molecule has 7 nitrogen and oxygen atoms in total. The molecule has 0 unspecified atom stereocenters. The van der Waals surface area contributed by atoms with Crippen LogP contribution in [0.5, 0.6) is 5.75 Å². The van der Waals surface area contributed by atoms with Crippen LogP contribution in [0.4, 0.5) is 0 Å². The Hall–Kier alpha value is -3.71. The minimum atomic E-state index is -0.250. The molecule has 1 saturated heterocycles. The fraction of sp³-hybridized carbons (Fsp3) is 0.240. The highest BCUT2D eigenvalue weighted by molar-refractivity contribution is 5.77. The Morgan fingerprint density at radius 2 is 1.81 bits per heavy atom. The molecule has 32 heavy (non-hydrogen) atoms. The van der Waals surface area contributed by atoms with Crippen LogP contribution >= 0.6 is 0 Å². The van der Waals surface area contributed by atoms with Gasteiger partial charge in [-0.2, -0.15) is 0 Å². The molecule has 4 aromatic rings. The number of carboxylic acid groups (broad SMARTS) is 1. The molecule has 7 heteroatoms. The Kier molecular flexibility index (Phi) is 6.18. The average Bonchev–Trinajstić information content (AvgIpc) is 3.15. The van der Waals surface area contributed by atoms with Crippen molar-refractivity contribution in [3.05, 3.63) is 71.5 Å². The zero-order valence-electron chi connectivity index (χ0n) is 18.4. The lowest BCUT2D eigenvalue weighted by molar-refractivity contribution is -0.122. The van der Waals surface area contributed by atoms with Gasteiger partial charge in [0, 0.05) is 30.9 Å². The van der Waals surface area contributed by atoms with E-state index in [0.29, 0.717) is 0 Å². The standard InChI is InChI=1S/C24H24N4O.CH2O2/c1-15-8-16(2)10-18(9-15)22-14-26-21-6-7-28(24(21)27-22)19-5-4-17(3)23(11-19)29-20-12-25-13-20;2-1-3/h4-11,14,20,25H,12-13H2,1-3H3;1H,(H,2,3). The Morgan fingerprint density at radius 1 is 1.09 bits per heavy atom. The lowest BCUT2D eigenvalue weighted by Gasteiger charge is -2.28. The van der Waals surface area contributed by atoms with Crippen molar-refractivity contribution >= 4 is 17.6 Å². The van der Waals surface area contributed by atoms with Gasteiger partial charge < -0.3 is 15.2 Å². The largest absolute Gasteiger partial charge is 0.487 e. The maximum absolute atomic E-state index is 8.36. The van der Waals surface area contributed by atoms with Crippen molar-refractivity contribution in [2.24, 2.45) is 0 Å². The van der Waals surface area contributed by atoms with E-state index in [2.05, 4.69) is 72.0 Å². The minimum Gasteiger partial charge on any atom is -0.487 e. The monoisotopic (exact) mass is 430 g/mol. The van der Waals surface area contributed by atoms with Gasteiger partial charge in [-0.25, -0.2) is 4.98 Å². The molecule has 0 amide bonds. The van der Waals surface area contributed by atoms with Gasteiger partial charge in [0.1, 0.15) is 17.4 Å². The van der Waals surface area contributed by atoms with E-state index in [1.807, 2.05) is 18.5 Å². The third kappa shape index (κ3) is 4.48. The van der Waals surface area contributed by atoms with E-state index in [1.54, 1.807) is 0 Å². The van der Waals surface area contributed by atoms with Gasteiger partial charge in [-0.1, -0.05) is 23.3 Å². The maximum Gasteiger partial charge on any atom is 0.290 e. The summed E-state index contributed by atoms with van der Waals surface area (Å²) in [6.45, 7) is 7.85. The molecule has 1 fully saturated rings. The predicted molar refractivity (Wildman–Crippen MR) is 124 cm³/mol. The summed E-state index contributed by atoms with van der Waals surface area (Å²) >= 11 is 0. The first kappa shape index (κ1) is 21.5. The molecule has 2 N–H and O–H groups in total. The summed E-state index contributed by atoms with van der Waals surface area (Å²) in [4.78, 5) is 18.0. The fourth-order valence-corrected chi connectivity index (χ4v) is 3.76. The van der Waals surface area contributed by atoms with Crippen LogP contribution in [0.1, 0.15) is 16.7 Å². The Bertz CT molecular complexity index is 1240. The van der Waals surface area contributed by atoms with E-state index in [-0.39, 0.29) is 12.6 Å². The molecule has 2 aromatic heterocycles. The molecule has 0 atom stereocenters. The number of hydrogen-bond acceptors (Lipinski definition) is 5. The molecular formula is C25H26N4O3. The van der Waals surface area contributed by atoms with Crippen molar-refractivity contribution in [1.29, 1.82) is 0 Å². The van der Waals surface area contributed by atoms with Crippen LogP contribution < -0.4 is 10.1 Å². The number of hydrogen-bond donors (Lipinski definition) is 2. The van der Waals surface area contributed by atoms with Gasteiger partial charge in [-0.05, 0) is 50.6 Å². The van der Waals surface area contributed by atoms with Crippen LogP contribution in [-0.2, 0) is 4.79 Å². The number of benzene rings is 2. The van der Waals surface area contributed by atoms with Crippen molar-refractivity contribution in [2.45, 2.75) is 26.9 Å². The number of nitrogens with one attached hydrogen (secondary N) is 1. The molecule has 0 bridgehead atoms. The third-order valence-electron chi connectivity index (χ3n) is 5.40. The normalized spacial score (nSPS) is 13.2. The summed E-state index contributed by atoms with van der Waals surface area (Å²) in [6.07, 6.45) is 4.13. The van der Waals surface area contributed by atoms with Gasteiger partial charge in [0.2, 0.25) is 0 Å². The smallest absolute Gasteiger partial charge is 0.290 e. The summed E-state index contributed by atoms with van der Waals surface area (Å²) < 4.78 is 8.22. The molecule has 1 aliphatic heterocycles. The highest BCUT2D eigenvalue weighted by Crippen LogP contribution is 2.27. The summed E-state index contributed by atoms with van der Waals surface area (Å²) in [6, 6.07) is 14.8. The molecule has 0 radical (unpaired) electrons. The van der Waals surface area contributed by atoms with Crippen LogP contribution in [0.2, 0.25) is 0 Å². The molecule has 3 heterocycles. The number of fused-ring (bicyclic) bond motifs is 1. The van der Waals surface area contributed by atoms with E-state index >= 15 is 0 Å². The molecule has 5 rings (SSSR count). The SMILES string of the molecule is Cc1cc(C)cc(-c2cnc3ccn(-c4ccc(C)c(OC5CNC5)c4)c3n2)c1.O=CO. The van der Waals surface area contributed by atoms with Gasteiger partial charge in [0.05, 0.1) is 17.6 Å². The molecule has 1 aliphatic rings. The number of ether oxygens (including phenoxy) is 1. The third-order valence-corrected chi connectivity index (χ3v) is 5.40. The van der Waals surface area contributed by atoms with Gasteiger partial charge in [-0.15, -0.1) is 0 Å². The van der Waals surface area contributed by atoms with Crippen LogP contribution in [0.25, 0.3) is 28.1 Å². The number of rotatable bonds is 4. The van der Waals surface area contributed by atoms with E-state index < -0.39 is 0 Å². The summed E-state index contributed by atoms with van der Waals surface area (Å²) in [7, 11) is 0. The topological polar surface area (TPSA) is 89.3 Å². The average molecular weight is 431 g/mol. The summed E-state index contributed by atoms with van der Waals surface area (Å²) in [5, 5.41) is 10.1. The fourth-order valence-electron chi connectivity index (χ4n) is 3.76. The van der Waals surface area contributed by atoms with Crippen molar-refractivity contribution in [1.82, 2.24) is 19.9 Å². The summed E-state index contributed by atoms with van der Waals surface area (Å²) in [5.74, 6) is 0.925. The lowest BCUT2D eigenvalue weighted by Crippen LogP contribution is -2.50. The van der Waals surface area contributed by atoms with Crippen molar-refractivity contribution in [3.63, 3.8) is 0 Å². The zero-order valence-corrected chi connectivity index (χ0v) is 18.4. The van der Waals surface area contributed by atoms with Gasteiger partial charge in [0.15, 0.2) is 5.65 Å². The van der Waals surface area contributed by atoms with Crippen LogP contribution in [-0.4, -0.2) is 45.3 Å². The van der Waals surface area contributed by atoms with Gasteiger partial charge >= 0.3 is 0 Å². The Labute approximate surface area is 186 Å². The van der Waals surface area contributed by atoms with E-state index in [0.717, 1.165) is 52.5 Å². The molecule has 164 valence electrons. The number of carbonyl (C=O) groups is 1. The molecular weight excluding hydrogens is 404 g/mol. The number of aryl methyl sites for hydroxylation is 3. The molecule has 0 spiro atoms. The number of aromatic nitrogens is 3. The zero-order chi connectivity index (χ0) is 22.7. The Balaban J connectivity index is 0.000000775. The van der Waals surface area contributed by atoms with Crippen LogP contribution in [0, 0.1) is 20.8 Å². The minimum absolute atomic E-state index is 0.250. The first-order valence-corrected chi connectivity index (χ1v) is 10.5. The highest BCUT2D eigenvalue weighted by Gasteiger charge is 2.19. The van der Waals surface area contributed by atoms with Crippen LogP contribution in [0.15, 0.2) is 54.9 Å². The number of nitrogens with zero attached hydrogens (tertiary/aromatic N) is 3. The van der Waals surface area contributed by atoms with Gasteiger partial charge in [0.25, 0.3) is 6.47 Å². The molecule has 0 aliphatic carbocycles. The second kappa shape index (κ2) is 9.20. The molecule has 2 aromatic carbocycles. The first-order chi connectivity index (χ1) is 15.5. The van der Waals surface area contributed by atoms with Crippen LogP contribution in [0.3, 0.4) is 0 Å². The lowest BCUT2D eigenvalue weighted by atomic mass is 10.1. The second-order valence-corrected chi connectivity index (χ2v) is 7.98. The van der Waals surface area contributed by atoms with Crippen molar-refractivity contribution in [3.8, 4) is 22.7 Å². The van der Waals surface area contributed by atoms with E-state index in [4.69, 9.17) is 19.6 Å². The summed E-state index contributed by atoms with van der Waals surface area (Å²) in [5.41, 5.74) is 8.32. The van der Waals surface area contributed by atoms with Crippen molar-refractivity contribution < 1.29 is 14.6 Å². The van der Waals surface area contributed by atoms with E-state index in [1.165, 1.54) is 11.1 Å². The van der Waals surface area contributed by atoms with E-state index in [9.17, 15) is 0 Å². The maximum atomic E-state index is 8.36. The van der Waals surface area contributed by atoms with Gasteiger partial charge in [-0.3, -0.25) is 14.3 Å². The molecule has 0 saturated carbocycles. The first-order valence-electron chi connectivity index (χ1n) is 10.5. The Morgan fingerprint density at radius 3 is 2.47 bits per heavy atom. The van der Waals surface area contributed by atoms with Crippen molar-refractivity contribution in [2.75, 3.05) is 13.1 Å². The quantitative estimate of drug-likeness (QED) is 0.475. The second-order valence-electron chi connectivity index (χ2n) is 7.98. The predicted octanol–water partition coefficient (Wildman–Crippen LogP) is 4.06.